The molecule has 3 atom stereocenters. The highest BCUT2D eigenvalue weighted by atomic mass is 16.7. The van der Waals surface area contributed by atoms with E-state index in [1.165, 1.54) is 4.90 Å². The average Bonchev–Trinajstić information content (AvgIpc) is 2.56. The molecule has 1 heterocycles. The minimum absolute atomic E-state index is 0.209. The molecule has 1 aliphatic rings. The predicted octanol–water partition coefficient (Wildman–Crippen LogP) is 2.46. The van der Waals surface area contributed by atoms with Crippen LogP contribution in [0, 0.1) is 0 Å². The Balaban J connectivity index is 2.02. The molecule has 0 aromatic heterocycles. The zero-order chi connectivity index (χ0) is 16.7. The monoisotopic (exact) mass is 323 g/mol. The molecule has 128 valence electrons. The number of hydrogen-bond donors (Lipinski definition) is 2. The Hall–Kier alpha value is -1.63. The van der Waals surface area contributed by atoms with Crippen molar-refractivity contribution in [1.82, 2.24) is 4.90 Å². The molecule has 0 spiro atoms. The molecule has 0 radical (unpaired) electrons. The second kappa shape index (κ2) is 8.86. The van der Waals surface area contributed by atoms with Crippen molar-refractivity contribution < 1.29 is 24.5 Å². The predicted molar refractivity (Wildman–Crippen MR) is 85.0 cm³/mol. The summed E-state index contributed by atoms with van der Waals surface area (Å²) < 4.78 is 11.4. The van der Waals surface area contributed by atoms with Crippen molar-refractivity contribution in [2.75, 3.05) is 13.2 Å². The largest absolute Gasteiger partial charge is 0.465 e. The van der Waals surface area contributed by atoms with Crippen LogP contribution >= 0.6 is 0 Å². The van der Waals surface area contributed by atoms with Gasteiger partial charge in [-0.15, -0.1) is 0 Å². The summed E-state index contributed by atoms with van der Waals surface area (Å²) in [4.78, 5) is 12.9. The molecule has 6 nitrogen and oxygen atoms in total. The van der Waals surface area contributed by atoms with Gasteiger partial charge in [-0.3, -0.25) is 4.90 Å². The fourth-order valence-electron chi connectivity index (χ4n) is 2.76. The first kappa shape index (κ1) is 17.7. The van der Waals surface area contributed by atoms with Crippen LogP contribution in [0.5, 0.6) is 0 Å². The summed E-state index contributed by atoms with van der Waals surface area (Å²) in [7, 11) is 0. The maximum Gasteiger partial charge on any atom is 0.408 e. The van der Waals surface area contributed by atoms with Gasteiger partial charge in [0.05, 0.1) is 18.8 Å². The Bertz CT molecular complexity index is 475. The molecule has 1 amide bonds. The van der Waals surface area contributed by atoms with Crippen LogP contribution in [-0.2, 0) is 16.0 Å². The van der Waals surface area contributed by atoms with Gasteiger partial charge in [-0.25, -0.2) is 4.79 Å². The normalized spacial score (nSPS) is 20.7. The van der Waals surface area contributed by atoms with Gasteiger partial charge in [-0.1, -0.05) is 30.3 Å². The molecule has 1 aromatic carbocycles. The van der Waals surface area contributed by atoms with Crippen LogP contribution in [0.15, 0.2) is 30.3 Å². The summed E-state index contributed by atoms with van der Waals surface area (Å²) >= 11 is 0. The van der Waals surface area contributed by atoms with E-state index >= 15 is 0 Å². The van der Waals surface area contributed by atoms with Crippen LogP contribution in [0.25, 0.3) is 0 Å². The van der Waals surface area contributed by atoms with Gasteiger partial charge in [0.15, 0.2) is 6.29 Å². The highest BCUT2D eigenvalue weighted by Crippen LogP contribution is 2.19. The minimum atomic E-state index is -1.08. The van der Waals surface area contributed by atoms with Gasteiger partial charge >= 0.3 is 6.09 Å². The van der Waals surface area contributed by atoms with Crippen molar-refractivity contribution in [3.05, 3.63) is 35.9 Å². The highest BCUT2D eigenvalue weighted by molar-refractivity contribution is 5.65. The van der Waals surface area contributed by atoms with E-state index in [-0.39, 0.29) is 19.4 Å². The van der Waals surface area contributed by atoms with E-state index < -0.39 is 18.2 Å². The first-order valence-corrected chi connectivity index (χ1v) is 8.03. The number of aliphatic hydroxyl groups is 1. The zero-order valence-corrected chi connectivity index (χ0v) is 13.4. The number of benzene rings is 1. The lowest BCUT2D eigenvalue weighted by atomic mass is 10.1. The molecule has 0 bridgehead atoms. The maximum absolute atomic E-state index is 11.6. The molecule has 1 aliphatic heterocycles. The van der Waals surface area contributed by atoms with Crippen LogP contribution in [0.1, 0.15) is 31.7 Å². The van der Waals surface area contributed by atoms with Gasteiger partial charge in [0.1, 0.15) is 0 Å². The first-order valence-electron chi connectivity index (χ1n) is 8.03. The van der Waals surface area contributed by atoms with Gasteiger partial charge < -0.3 is 19.7 Å². The standard InChI is InChI=1S/C17H25NO5/c1-13(23-16-9-5-6-10-22-16)15(12-19)18(17(20)21)11-14-7-3-2-4-8-14/h2-4,7-8,13,15-16,19H,5-6,9-12H2,1H3,(H,20,21)/t13-,15+,16?/m0/s1. The van der Waals surface area contributed by atoms with Gasteiger partial charge in [0, 0.05) is 13.2 Å². The fourth-order valence-corrected chi connectivity index (χ4v) is 2.76. The SMILES string of the molecule is C[C@H](OC1CCCCO1)[C@@H](CO)N(Cc1ccccc1)C(=O)O. The van der Waals surface area contributed by atoms with E-state index in [4.69, 9.17) is 9.47 Å². The third kappa shape index (κ3) is 5.20. The van der Waals surface area contributed by atoms with Crippen LogP contribution in [0.2, 0.25) is 0 Å². The second-order valence-corrected chi connectivity index (χ2v) is 5.78. The molecule has 2 N–H and O–H groups in total. The van der Waals surface area contributed by atoms with Crippen LogP contribution < -0.4 is 0 Å². The first-order chi connectivity index (χ1) is 11.1. The number of carboxylic acid groups (broad SMARTS) is 1. The number of nitrogens with zero attached hydrogens (tertiary/aromatic N) is 1. The maximum atomic E-state index is 11.6. The van der Waals surface area contributed by atoms with E-state index in [0.29, 0.717) is 6.61 Å². The Labute approximate surface area is 136 Å². The topological polar surface area (TPSA) is 79.2 Å². The summed E-state index contributed by atoms with van der Waals surface area (Å²) in [5.74, 6) is 0. The van der Waals surface area contributed by atoms with Crippen molar-refractivity contribution in [2.45, 2.75) is 51.2 Å². The van der Waals surface area contributed by atoms with Gasteiger partial charge in [-0.2, -0.15) is 0 Å². The lowest BCUT2D eigenvalue weighted by Crippen LogP contribution is -2.49. The molecule has 6 heteroatoms. The Kier molecular flexibility index (Phi) is 6.83. The number of hydrogen-bond acceptors (Lipinski definition) is 4. The smallest absolute Gasteiger partial charge is 0.408 e. The summed E-state index contributed by atoms with van der Waals surface area (Å²) in [6.45, 7) is 2.35. The number of rotatable bonds is 7. The number of carbonyl (C=O) groups is 1. The molecule has 1 saturated heterocycles. The molecule has 0 aliphatic carbocycles. The highest BCUT2D eigenvalue weighted by Gasteiger charge is 2.31. The number of amides is 1. The molecule has 23 heavy (non-hydrogen) atoms. The summed E-state index contributed by atoms with van der Waals surface area (Å²) in [6.07, 6.45) is 1.01. The third-order valence-corrected chi connectivity index (χ3v) is 4.08. The van der Waals surface area contributed by atoms with Crippen molar-refractivity contribution >= 4 is 6.09 Å². The third-order valence-electron chi connectivity index (χ3n) is 4.08. The molecule has 1 fully saturated rings. The van der Waals surface area contributed by atoms with Crippen molar-refractivity contribution in [3.63, 3.8) is 0 Å². The Morgan fingerprint density at radius 1 is 1.39 bits per heavy atom. The summed E-state index contributed by atoms with van der Waals surface area (Å²) in [5, 5.41) is 19.2. The summed E-state index contributed by atoms with van der Waals surface area (Å²) in [6, 6.07) is 8.68. The van der Waals surface area contributed by atoms with E-state index in [2.05, 4.69) is 0 Å². The van der Waals surface area contributed by atoms with Crippen molar-refractivity contribution in [2.24, 2.45) is 0 Å². The van der Waals surface area contributed by atoms with Crippen LogP contribution in [0.3, 0.4) is 0 Å². The van der Waals surface area contributed by atoms with Gasteiger partial charge in [0.2, 0.25) is 0 Å². The lowest BCUT2D eigenvalue weighted by Gasteiger charge is -2.35. The zero-order valence-electron chi connectivity index (χ0n) is 13.4. The van der Waals surface area contributed by atoms with Crippen molar-refractivity contribution in [1.29, 1.82) is 0 Å². The molecule has 1 aromatic rings. The second-order valence-electron chi connectivity index (χ2n) is 5.78. The summed E-state index contributed by atoms with van der Waals surface area (Å²) in [5.41, 5.74) is 0.870. The minimum Gasteiger partial charge on any atom is -0.465 e. The van der Waals surface area contributed by atoms with Gasteiger partial charge in [-0.05, 0) is 31.7 Å². The molecular formula is C17H25NO5. The molecule has 0 saturated carbocycles. The van der Waals surface area contributed by atoms with E-state index in [1.807, 2.05) is 30.3 Å². The van der Waals surface area contributed by atoms with E-state index in [1.54, 1.807) is 6.92 Å². The Morgan fingerprint density at radius 2 is 2.13 bits per heavy atom. The van der Waals surface area contributed by atoms with Crippen LogP contribution in [0.4, 0.5) is 4.79 Å². The fraction of sp³-hybridized carbons (Fsp3) is 0.588. The lowest BCUT2D eigenvalue weighted by molar-refractivity contribution is -0.197. The van der Waals surface area contributed by atoms with E-state index in [9.17, 15) is 15.0 Å². The number of ether oxygens (including phenoxy) is 2. The molecular weight excluding hydrogens is 298 g/mol. The molecule has 2 rings (SSSR count). The van der Waals surface area contributed by atoms with Crippen molar-refractivity contribution in [3.8, 4) is 0 Å². The number of aliphatic hydroxyl groups excluding tert-OH is 1. The molecule has 1 unspecified atom stereocenters. The average molecular weight is 323 g/mol. The van der Waals surface area contributed by atoms with Gasteiger partial charge in [0.25, 0.3) is 0 Å². The Morgan fingerprint density at radius 3 is 2.70 bits per heavy atom. The quantitative estimate of drug-likeness (QED) is 0.806. The van der Waals surface area contributed by atoms with E-state index in [0.717, 1.165) is 24.8 Å². The van der Waals surface area contributed by atoms with Crippen LogP contribution in [-0.4, -0.2) is 52.9 Å².